The number of aryl methyl sites for hydroxylation is 2. The number of rotatable bonds is 4. The van der Waals surface area contributed by atoms with E-state index in [0.717, 1.165) is 22.6 Å². The minimum absolute atomic E-state index is 0.181. The predicted molar refractivity (Wildman–Crippen MR) is 104 cm³/mol. The number of aromatic nitrogens is 4. The van der Waals surface area contributed by atoms with Crippen molar-refractivity contribution in [3.63, 3.8) is 0 Å². The third-order valence-electron chi connectivity index (χ3n) is 4.56. The van der Waals surface area contributed by atoms with Crippen molar-refractivity contribution in [1.29, 1.82) is 0 Å². The number of amides is 1. The summed E-state index contributed by atoms with van der Waals surface area (Å²) in [6.07, 6.45) is 3.11. The fraction of sp³-hybridized carbons (Fsp3) is 0.200. The number of imidazole rings is 1. The number of hydrogen-bond donors (Lipinski definition) is 1. The van der Waals surface area contributed by atoms with Crippen LogP contribution in [0.4, 0.5) is 5.69 Å². The van der Waals surface area contributed by atoms with Crippen LogP contribution < -0.4 is 10.1 Å². The molecule has 0 saturated heterocycles. The van der Waals surface area contributed by atoms with E-state index in [1.807, 2.05) is 37.5 Å². The molecular formula is C20H19N5O3. The number of methoxy groups -OCH3 is 1. The number of carbonyl (C=O) groups excluding carboxylic acids is 1. The van der Waals surface area contributed by atoms with E-state index in [4.69, 9.17) is 9.15 Å². The maximum absolute atomic E-state index is 12.5. The van der Waals surface area contributed by atoms with Gasteiger partial charge in [-0.3, -0.25) is 9.36 Å². The molecule has 142 valence electrons. The van der Waals surface area contributed by atoms with Crippen LogP contribution in [-0.2, 0) is 0 Å². The monoisotopic (exact) mass is 377 g/mol. The Morgan fingerprint density at radius 1 is 1.18 bits per heavy atom. The highest BCUT2D eigenvalue weighted by Crippen LogP contribution is 2.28. The topological polar surface area (TPSA) is 95.1 Å². The van der Waals surface area contributed by atoms with Crippen LogP contribution in [0.25, 0.3) is 16.9 Å². The lowest BCUT2D eigenvalue weighted by molar-refractivity contribution is 0.0998. The van der Waals surface area contributed by atoms with E-state index in [0.29, 0.717) is 23.0 Å². The van der Waals surface area contributed by atoms with Gasteiger partial charge in [-0.25, -0.2) is 15.0 Å². The number of anilines is 1. The fourth-order valence-electron chi connectivity index (χ4n) is 3.08. The molecule has 1 amide bonds. The van der Waals surface area contributed by atoms with E-state index in [9.17, 15) is 4.79 Å². The van der Waals surface area contributed by atoms with Gasteiger partial charge in [-0.05, 0) is 32.9 Å². The quantitative estimate of drug-likeness (QED) is 0.584. The lowest BCUT2D eigenvalue weighted by atomic mass is 10.2. The zero-order valence-electron chi connectivity index (χ0n) is 16.0. The SMILES string of the molecule is COc1cccc2cc(C(=O)Nc3cnc(-n4c(C)nc(C)c4C)nc3)oc12. The summed E-state index contributed by atoms with van der Waals surface area (Å²) in [5.74, 6) is 1.68. The Kier molecular flexibility index (Phi) is 4.31. The molecule has 0 unspecified atom stereocenters. The number of nitrogens with one attached hydrogen (secondary N) is 1. The van der Waals surface area contributed by atoms with E-state index in [1.54, 1.807) is 31.6 Å². The van der Waals surface area contributed by atoms with Crippen LogP contribution >= 0.6 is 0 Å². The lowest BCUT2D eigenvalue weighted by Crippen LogP contribution is -2.12. The van der Waals surface area contributed by atoms with E-state index in [-0.39, 0.29) is 11.7 Å². The molecule has 0 bridgehead atoms. The highest BCUT2D eigenvalue weighted by molar-refractivity contribution is 6.04. The van der Waals surface area contributed by atoms with Crippen LogP contribution in [0.2, 0.25) is 0 Å². The van der Waals surface area contributed by atoms with Crippen molar-refractivity contribution >= 4 is 22.6 Å². The van der Waals surface area contributed by atoms with Gasteiger partial charge in [0.25, 0.3) is 5.91 Å². The van der Waals surface area contributed by atoms with Crippen molar-refractivity contribution in [2.45, 2.75) is 20.8 Å². The molecule has 0 spiro atoms. The second-order valence-corrected chi connectivity index (χ2v) is 6.38. The molecule has 4 aromatic rings. The van der Waals surface area contributed by atoms with Crippen molar-refractivity contribution in [3.8, 4) is 11.7 Å². The van der Waals surface area contributed by atoms with Crippen LogP contribution in [0.3, 0.4) is 0 Å². The first-order chi connectivity index (χ1) is 13.5. The van der Waals surface area contributed by atoms with Gasteiger partial charge in [-0.2, -0.15) is 0 Å². The molecule has 1 N–H and O–H groups in total. The number of furan rings is 1. The first kappa shape index (κ1) is 17.7. The van der Waals surface area contributed by atoms with Gasteiger partial charge >= 0.3 is 0 Å². The second-order valence-electron chi connectivity index (χ2n) is 6.38. The summed E-state index contributed by atoms with van der Waals surface area (Å²) in [6, 6.07) is 7.14. The Hall–Kier alpha value is -3.68. The molecule has 8 nitrogen and oxygen atoms in total. The van der Waals surface area contributed by atoms with E-state index >= 15 is 0 Å². The van der Waals surface area contributed by atoms with Crippen LogP contribution in [0, 0.1) is 20.8 Å². The van der Waals surface area contributed by atoms with Gasteiger partial charge in [-0.1, -0.05) is 12.1 Å². The highest BCUT2D eigenvalue weighted by atomic mass is 16.5. The first-order valence-electron chi connectivity index (χ1n) is 8.71. The van der Waals surface area contributed by atoms with Gasteiger partial charge in [0.1, 0.15) is 5.82 Å². The first-order valence-corrected chi connectivity index (χ1v) is 8.71. The van der Waals surface area contributed by atoms with Crippen molar-refractivity contribution in [2.75, 3.05) is 12.4 Å². The summed E-state index contributed by atoms with van der Waals surface area (Å²) in [4.78, 5) is 25.7. The zero-order chi connectivity index (χ0) is 19.8. The smallest absolute Gasteiger partial charge is 0.291 e. The predicted octanol–water partition coefficient (Wildman–Crippen LogP) is 3.59. The summed E-state index contributed by atoms with van der Waals surface area (Å²) in [6.45, 7) is 5.80. The molecule has 8 heteroatoms. The Morgan fingerprint density at radius 2 is 1.93 bits per heavy atom. The van der Waals surface area contributed by atoms with Crippen molar-refractivity contribution in [2.24, 2.45) is 0 Å². The van der Waals surface area contributed by atoms with Crippen molar-refractivity contribution in [3.05, 3.63) is 59.6 Å². The van der Waals surface area contributed by atoms with E-state index < -0.39 is 0 Å². The molecule has 0 saturated carbocycles. The number of benzene rings is 1. The Bertz CT molecular complexity index is 1170. The normalized spacial score (nSPS) is 11.0. The average Bonchev–Trinajstić information content (AvgIpc) is 3.23. The molecule has 0 fully saturated rings. The number of nitrogens with zero attached hydrogens (tertiary/aromatic N) is 4. The highest BCUT2D eigenvalue weighted by Gasteiger charge is 2.16. The van der Waals surface area contributed by atoms with E-state index in [2.05, 4.69) is 20.3 Å². The molecule has 0 radical (unpaired) electrons. The number of hydrogen-bond acceptors (Lipinski definition) is 6. The van der Waals surface area contributed by atoms with Crippen LogP contribution in [0.15, 0.2) is 41.1 Å². The van der Waals surface area contributed by atoms with Gasteiger partial charge in [-0.15, -0.1) is 0 Å². The standard InChI is InChI=1S/C20H19N5O3/c1-11-12(2)25(13(3)23-11)20-21-9-15(10-22-20)24-19(26)17-8-14-6-5-7-16(27-4)18(14)28-17/h5-10H,1-4H3,(H,24,26). The Labute approximate surface area is 161 Å². The average molecular weight is 377 g/mol. The summed E-state index contributed by atoms with van der Waals surface area (Å²) in [5, 5.41) is 3.54. The molecule has 0 atom stereocenters. The largest absolute Gasteiger partial charge is 0.493 e. The number of fused-ring (bicyclic) bond motifs is 1. The summed E-state index contributed by atoms with van der Waals surface area (Å²) >= 11 is 0. The summed E-state index contributed by atoms with van der Waals surface area (Å²) < 4.78 is 12.8. The summed E-state index contributed by atoms with van der Waals surface area (Å²) in [5.41, 5.74) is 2.90. The fourth-order valence-corrected chi connectivity index (χ4v) is 3.08. The Balaban J connectivity index is 1.57. The minimum atomic E-state index is -0.388. The Morgan fingerprint density at radius 3 is 2.57 bits per heavy atom. The van der Waals surface area contributed by atoms with E-state index in [1.165, 1.54) is 0 Å². The number of carbonyl (C=O) groups is 1. The molecule has 3 aromatic heterocycles. The third kappa shape index (κ3) is 2.98. The van der Waals surface area contributed by atoms with Crippen LogP contribution in [0.5, 0.6) is 5.75 Å². The molecular weight excluding hydrogens is 358 g/mol. The minimum Gasteiger partial charge on any atom is -0.493 e. The van der Waals surface area contributed by atoms with Gasteiger partial charge in [0.2, 0.25) is 5.95 Å². The van der Waals surface area contributed by atoms with Crippen LogP contribution in [0.1, 0.15) is 27.8 Å². The van der Waals surface area contributed by atoms with Crippen molar-refractivity contribution < 1.29 is 13.9 Å². The van der Waals surface area contributed by atoms with Gasteiger partial charge in [0, 0.05) is 11.1 Å². The lowest BCUT2D eigenvalue weighted by Gasteiger charge is -2.07. The molecule has 4 rings (SSSR count). The van der Waals surface area contributed by atoms with Crippen molar-refractivity contribution in [1.82, 2.24) is 19.5 Å². The van der Waals surface area contributed by atoms with Gasteiger partial charge < -0.3 is 14.5 Å². The number of para-hydroxylation sites is 1. The van der Waals surface area contributed by atoms with Gasteiger partial charge in [0.05, 0.1) is 30.9 Å². The molecule has 28 heavy (non-hydrogen) atoms. The molecule has 0 aliphatic heterocycles. The van der Waals surface area contributed by atoms with Gasteiger partial charge in [0.15, 0.2) is 17.1 Å². The summed E-state index contributed by atoms with van der Waals surface area (Å²) in [7, 11) is 1.56. The molecule has 1 aromatic carbocycles. The van der Waals surface area contributed by atoms with Crippen LogP contribution in [-0.4, -0.2) is 32.5 Å². The molecule has 3 heterocycles. The number of ether oxygens (including phenoxy) is 1. The third-order valence-corrected chi connectivity index (χ3v) is 4.56. The molecule has 0 aliphatic rings. The zero-order valence-corrected chi connectivity index (χ0v) is 16.0. The second kappa shape index (κ2) is 6.80. The maximum atomic E-state index is 12.5. The molecule has 0 aliphatic carbocycles. The maximum Gasteiger partial charge on any atom is 0.291 e.